The van der Waals surface area contributed by atoms with E-state index in [9.17, 15) is 8.42 Å². The van der Waals surface area contributed by atoms with E-state index in [4.69, 9.17) is 16.6 Å². The minimum Gasteiger partial charge on any atom is -0.350 e. The third kappa shape index (κ3) is 5.07. The van der Waals surface area contributed by atoms with Gasteiger partial charge in [0.25, 0.3) is 10.0 Å². The molecule has 12 heteroatoms. The number of halogens is 1. The number of hydrogen-bond donors (Lipinski definition) is 3. The zero-order valence-corrected chi connectivity index (χ0v) is 23.7. The van der Waals surface area contributed by atoms with Crippen molar-refractivity contribution in [2.75, 3.05) is 23.1 Å². The van der Waals surface area contributed by atoms with Crippen LogP contribution < -0.4 is 15.4 Å². The molecule has 206 valence electrons. The van der Waals surface area contributed by atoms with Crippen LogP contribution in [-0.2, 0) is 16.4 Å². The standard InChI is InChI=1S/C28H29ClN8O2S/c1-3-18-11-19(12-20-14-31-28(35-26(18)20)34-21-10-17(2)13-30-15-21)23-8-9-24-27(32-16-33-37(23)24)36-40(38,39)25-7-5-4-6-22(25)29/h4-9,11-12,14,16-17,21,30H,3,10,13,15H2,1-2H3,(H,31,34,35)(H,32,33,36)/t17-,21+/m1/s1. The molecule has 2 atom stereocenters. The van der Waals surface area contributed by atoms with E-state index in [2.05, 4.69) is 50.3 Å². The number of piperidine rings is 1. The van der Waals surface area contributed by atoms with Crippen molar-refractivity contribution in [3.05, 3.63) is 71.6 Å². The number of hydrogen-bond acceptors (Lipinski definition) is 8. The van der Waals surface area contributed by atoms with Gasteiger partial charge in [0.2, 0.25) is 5.95 Å². The second-order valence-corrected chi connectivity index (χ2v) is 12.2. The van der Waals surface area contributed by atoms with E-state index in [1.165, 1.54) is 18.5 Å². The van der Waals surface area contributed by atoms with Crippen molar-refractivity contribution in [3.63, 3.8) is 0 Å². The highest BCUT2D eigenvalue weighted by atomic mass is 35.5. The number of aryl methyl sites for hydroxylation is 1. The molecule has 3 N–H and O–H groups in total. The second kappa shape index (κ2) is 10.6. The number of nitrogens with zero attached hydrogens (tertiary/aromatic N) is 5. The highest BCUT2D eigenvalue weighted by Gasteiger charge is 2.22. The van der Waals surface area contributed by atoms with Crippen molar-refractivity contribution in [1.29, 1.82) is 0 Å². The summed E-state index contributed by atoms with van der Waals surface area (Å²) in [5, 5.41) is 12.4. The fourth-order valence-electron chi connectivity index (χ4n) is 5.23. The van der Waals surface area contributed by atoms with Crippen molar-refractivity contribution < 1.29 is 8.42 Å². The quantitative estimate of drug-likeness (QED) is 0.253. The highest BCUT2D eigenvalue weighted by Crippen LogP contribution is 2.31. The normalized spacial score (nSPS) is 17.8. The molecule has 3 aromatic heterocycles. The molecule has 5 aromatic rings. The lowest BCUT2D eigenvalue weighted by atomic mass is 9.98. The van der Waals surface area contributed by atoms with E-state index < -0.39 is 10.0 Å². The van der Waals surface area contributed by atoms with Crippen LogP contribution in [0.1, 0.15) is 25.8 Å². The number of sulfonamides is 1. The first-order chi connectivity index (χ1) is 19.3. The average molecular weight is 577 g/mol. The fourth-order valence-corrected chi connectivity index (χ4v) is 6.78. The Morgan fingerprint density at radius 1 is 1.12 bits per heavy atom. The molecule has 0 radical (unpaired) electrons. The molecule has 0 bridgehead atoms. The maximum Gasteiger partial charge on any atom is 0.264 e. The van der Waals surface area contributed by atoms with Gasteiger partial charge in [-0.3, -0.25) is 4.72 Å². The van der Waals surface area contributed by atoms with Gasteiger partial charge < -0.3 is 10.6 Å². The lowest BCUT2D eigenvalue weighted by Crippen LogP contribution is -2.42. The van der Waals surface area contributed by atoms with Gasteiger partial charge >= 0.3 is 0 Å². The van der Waals surface area contributed by atoms with E-state index in [1.54, 1.807) is 22.7 Å². The number of aromatic nitrogens is 5. The van der Waals surface area contributed by atoms with Crippen molar-refractivity contribution in [1.82, 2.24) is 29.9 Å². The molecular formula is C28H29ClN8O2S. The van der Waals surface area contributed by atoms with Gasteiger partial charge in [-0.15, -0.1) is 0 Å². The van der Waals surface area contributed by atoms with E-state index >= 15 is 0 Å². The Labute approximate surface area is 237 Å². The molecule has 10 nitrogen and oxygen atoms in total. The zero-order valence-electron chi connectivity index (χ0n) is 22.1. The molecule has 1 aliphatic rings. The van der Waals surface area contributed by atoms with Crippen LogP contribution in [0.3, 0.4) is 0 Å². The summed E-state index contributed by atoms with van der Waals surface area (Å²) >= 11 is 6.14. The first-order valence-electron chi connectivity index (χ1n) is 13.2. The summed E-state index contributed by atoms with van der Waals surface area (Å²) < 4.78 is 30.3. The first-order valence-corrected chi connectivity index (χ1v) is 15.1. The third-order valence-corrected chi connectivity index (χ3v) is 8.99. The monoisotopic (exact) mass is 576 g/mol. The Kier molecular flexibility index (Phi) is 7.03. The Bertz CT molecular complexity index is 1820. The number of benzene rings is 2. The van der Waals surface area contributed by atoms with Crippen LogP contribution in [0.4, 0.5) is 11.8 Å². The highest BCUT2D eigenvalue weighted by molar-refractivity contribution is 7.92. The SMILES string of the molecule is CCc1cc(-c2ccc3c(NS(=O)(=O)c4ccccc4Cl)ncnn23)cc2cnc(N[C@@H]3CNC[C@H](C)C3)nc12. The van der Waals surface area contributed by atoms with Gasteiger partial charge in [-0.1, -0.05) is 37.6 Å². The Morgan fingerprint density at radius 3 is 2.77 bits per heavy atom. The summed E-state index contributed by atoms with van der Waals surface area (Å²) in [4.78, 5) is 13.7. The second-order valence-electron chi connectivity index (χ2n) is 10.1. The fraction of sp³-hybridized carbons (Fsp3) is 0.286. The predicted molar refractivity (Wildman–Crippen MR) is 157 cm³/mol. The van der Waals surface area contributed by atoms with Crippen LogP contribution in [0.2, 0.25) is 5.02 Å². The molecule has 2 aromatic carbocycles. The van der Waals surface area contributed by atoms with Gasteiger partial charge in [0.05, 0.1) is 16.2 Å². The van der Waals surface area contributed by atoms with Crippen LogP contribution in [-0.4, -0.2) is 52.1 Å². The zero-order chi connectivity index (χ0) is 27.9. The Balaban J connectivity index is 1.34. The molecule has 0 aliphatic carbocycles. The van der Waals surface area contributed by atoms with Gasteiger partial charge in [-0.05, 0) is 67.3 Å². The molecule has 1 aliphatic heterocycles. The van der Waals surface area contributed by atoms with Crippen LogP contribution in [0.25, 0.3) is 27.7 Å². The lowest BCUT2D eigenvalue weighted by Gasteiger charge is -2.28. The van der Waals surface area contributed by atoms with Crippen LogP contribution >= 0.6 is 11.6 Å². The molecule has 1 saturated heterocycles. The van der Waals surface area contributed by atoms with Gasteiger partial charge in [0.1, 0.15) is 16.7 Å². The number of rotatable bonds is 7. The summed E-state index contributed by atoms with van der Waals surface area (Å²) in [6.45, 7) is 6.27. The van der Waals surface area contributed by atoms with Crippen molar-refractivity contribution in [2.24, 2.45) is 5.92 Å². The van der Waals surface area contributed by atoms with E-state index in [1.807, 2.05) is 18.3 Å². The maximum absolute atomic E-state index is 13.1. The molecule has 0 saturated carbocycles. The van der Waals surface area contributed by atoms with Crippen molar-refractivity contribution in [2.45, 2.75) is 37.6 Å². The number of anilines is 2. The van der Waals surface area contributed by atoms with Gasteiger partial charge in [-0.25, -0.2) is 27.9 Å². The molecule has 6 rings (SSSR count). The third-order valence-electron chi connectivity index (χ3n) is 7.15. The Hall–Kier alpha value is -3.80. The molecular weight excluding hydrogens is 548 g/mol. The average Bonchev–Trinajstić information content (AvgIpc) is 3.38. The van der Waals surface area contributed by atoms with Crippen molar-refractivity contribution >= 4 is 49.8 Å². The minimum atomic E-state index is -3.96. The van der Waals surface area contributed by atoms with E-state index in [-0.39, 0.29) is 15.7 Å². The lowest BCUT2D eigenvalue weighted by molar-refractivity contribution is 0.377. The summed E-state index contributed by atoms with van der Waals surface area (Å²) in [6, 6.07) is 14.4. The van der Waals surface area contributed by atoms with Gasteiger partial charge in [0.15, 0.2) is 5.82 Å². The minimum absolute atomic E-state index is 0.0227. The van der Waals surface area contributed by atoms with Crippen LogP contribution in [0.5, 0.6) is 0 Å². The predicted octanol–water partition coefficient (Wildman–Crippen LogP) is 4.77. The summed E-state index contributed by atoms with van der Waals surface area (Å²) in [5.41, 5.74) is 4.20. The maximum atomic E-state index is 13.1. The van der Waals surface area contributed by atoms with E-state index in [0.29, 0.717) is 23.4 Å². The smallest absolute Gasteiger partial charge is 0.264 e. The molecule has 1 fully saturated rings. The van der Waals surface area contributed by atoms with E-state index in [0.717, 1.165) is 53.7 Å². The molecule has 0 amide bonds. The largest absolute Gasteiger partial charge is 0.350 e. The molecule has 0 unspecified atom stereocenters. The molecule has 40 heavy (non-hydrogen) atoms. The summed E-state index contributed by atoms with van der Waals surface area (Å²) in [7, 11) is -3.96. The van der Waals surface area contributed by atoms with Crippen LogP contribution in [0.15, 0.2) is 66.0 Å². The van der Waals surface area contributed by atoms with Crippen LogP contribution in [0, 0.1) is 5.92 Å². The Morgan fingerprint density at radius 2 is 1.98 bits per heavy atom. The molecule has 0 spiro atoms. The molecule has 4 heterocycles. The summed E-state index contributed by atoms with van der Waals surface area (Å²) in [6.07, 6.45) is 5.03. The van der Waals surface area contributed by atoms with Gasteiger partial charge in [-0.2, -0.15) is 5.10 Å². The summed E-state index contributed by atoms with van der Waals surface area (Å²) in [5.74, 6) is 1.39. The number of fused-ring (bicyclic) bond motifs is 2. The first kappa shape index (κ1) is 26.4. The topological polar surface area (TPSA) is 126 Å². The van der Waals surface area contributed by atoms with Crippen molar-refractivity contribution in [3.8, 4) is 11.3 Å². The number of nitrogens with one attached hydrogen (secondary N) is 3. The van der Waals surface area contributed by atoms with Gasteiger partial charge in [0, 0.05) is 29.7 Å².